The van der Waals surface area contributed by atoms with Gasteiger partial charge in [-0.15, -0.1) is 22.7 Å². The van der Waals surface area contributed by atoms with Crippen molar-refractivity contribution in [3.05, 3.63) is 27.4 Å². The van der Waals surface area contributed by atoms with Crippen LogP contribution in [0.3, 0.4) is 0 Å². The standard InChI is InChI=1S/C20H24N4O3S2/c1-12-5-3-4-8-20(12)18(26)24(19(27)23-20)10-17(25)21-9-14-6-7-16(29-14)15-11-28-13(2)22-15/h6-7,11-12H,3-5,8-10H2,1-2H3,(H,21,25)(H,23,27)/t12-,20-/m0/s1. The van der Waals surface area contributed by atoms with E-state index in [1.54, 1.807) is 22.7 Å². The molecule has 1 saturated carbocycles. The number of urea groups is 1. The minimum absolute atomic E-state index is 0.0830. The van der Waals surface area contributed by atoms with Crippen LogP contribution >= 0.6 is 22.7 Å². The number of aromatic nitrogens is 1. The Kier molecular flexibility index (Phi) is 5.44. The first-order chi connectivity index (χ1) is 13.9. The van der Waals surface area contributed by atoms with E-state index in [2.05, 4.69) is 15.6 Å². The van der Waals surface area contributed by atoms with E-state index in [4.69, 9.17) is 0 Å². The van der Waals surface area contributed by atoms with Crippen molar-refractivity contribution < 1.29 is 14.4 Å². The minimum atomic E-state index is -0.829. The fourth-order valence-electron chi connectivity index (χ4n) is 4.11. The summed E-state index contributed by atoms with van der Waals surface area (Å²) in [5, 5.41) is 8.73. The molecule has 7 nitrogen and oxygen atoms in total. The second-order valence-corrected chi connectivity index (χ2v) is 9.96. The Morgan fingerprint density at radius 1 is 1.38 bits per heavy atom. The molecule has 3 heterocycles. The zero-order chi connectivity index (χ0) is 20.6. The van der Waals surface area contributed by atoms with Crippen LogP contribution in [0.1, 0.15) is 42.5 Å². The van der Waals surface area contributed by atoms with Crippen LogP contribution in [0.15, 0.2) is 17.5 Å². The fourth-order valence-corrected chi connectivity index (χ4v) is 5.71. The van der Waals surface area contributed by atoms with Crippen LogP contribution in [-0.2, 0) is 16.1 Å². The molecule has 0 radical (unpaired) electrons. The van der Waals surface area contributed by atoms with Gasteiger partial charge in [0.1, 0.15) is 12.1 Å². The number of nitrogens with one attached hydrogen (secondary N) is 2. The predicted octanol–water partition coefficient (Wildman–Crippen LogP) is 3.30. The highest BCUT2D eigenvalue weighted by atomic mass is 32.1. The van der Waals surface area contributed by atoms with Crippen LogP contribution in [0.5, 0.6) is 0 Å². The topological polar surface area (TPSA) is 91.4 Å². The summed E-state index contributed by atoms with van der Waals surface area (Å²) in [7, 11) is 0. The van der Waals surface area contributed by atoms with Crippen molar-refractivity contribution in [1.29, 1.82) is 0 Å². The highest BCUT2D eigenvalue weighted by Crippen LogP contribution is 2.38. The monoisotopic (exact) mass is 432 g/mol. The maximum atomic E-state index is 12.9. The molecule has 2 N–H and O–H groups in total. The van der Waals surface area contributed by atoms with E-state index in [0.717, 1.165) is 44.6 Å². The predicted molar refractivity (Wildman–Crippen MR) is 113 cm³/mol. The Balaban J connectivity index is 1.35. The molecular weight excluding hydrogens is 408 g/mol. The first kappa shape index (κ1) is 20.0. The molecular formula is C20H24N4O3S2. The van der Waals surface area contributed by atoms with Gasteiger partial charge in [-0.2, -0.15) is 0 Å². The van der Waals surface area contributed by atoms with Gasteiger partial charge in [0.2, 0.25) is 5.91 Å². The maximum absolute atomic E-state index is 12.9. The van der Waals surface area contributed by atoms with Crippen LogP contribution in [0.25, 0.3) is 10.6 Å². The molecule has 2 aliphatic rings. The smallest absolute Gasteiger partial charge is 0.325 e. The van der Waals surface area contributed by atoms with Gasteiger partial charge < -0.3 is 10.6 Å². The SMILES string of the molecule is Cc1nc(-c2ccc(CNC(=O)CN3C(=O)N[C@]4(CCCC[C@@H]4C)C3=O)s2)cs1. The molecule has 4 amide bonds. The summed E-state index contributed by atoms with van der Waals surface area (Å²) in [4.78, 5) is 45.3. The number of imide groups is 1. The van der Waals surface area contributed by atoms with Crippen molar-refractivity contribution in [2.75, 3.05) is 6.54 Å². The third-order valence-electron chi connectivity index (χ3n) is 5.80. The number of aryl methyl sites for hydroxylation is 1. The van der Waals surface area contributed by atoms with E-state index in [0.29, 0.717) is 13.0 Å². The number of carbonyl (C=O) groups excluding carboxylic acids is 3. The van der Waals surface area contributed by atoms with Crippen molar-refractivity contribution in [1.82, 2.24) is 20.5 Å². The lowest BCUT2D eigenvalue weighted by Crippen LogP contribution is -2.54. The summed E-state index contributed by atoms with van der Waals surface area (Å²) < 4.78 is 0. The molecule has 2 fully saturated rings. The molecule has 0 bridgehead atoms. The number of thiophene rings is 1. The summed E-state index contributed by atoms with van der Waals surface area (Å²) in [6.07, 6.45) is 3.53. The van der Waals surface area contributed by atoms with Gasteiger partial charge in [0.05, 0.1) is 22.1 Å². The normalized spacial score (nSPS) is 24.2. The molecule has 1 aliphatic heterocycles. The molecule has 1 saturated heterocycles. The molecule has 2 atom stereocenters. The molecule has 2 aromatic heterocycles. The Labute approximate surface area is 177 Å². The average Bonchev–Trinajstić information content (AvgIpc) is 3.39. The van der Waals surface area contributed by atoms with E-state index < -0.39 is 11.6 Å². The van der Waals surface area contributed by atoms with E-state index in [1.807, 2.05) is 31.4 Å². The molecule has 0 unspecified atom stereocenters. The van der Waals surface area contributed by atoms with Crippen molar-refractivity contribution in [3.8, 4) is 10.6 Å². The summed E-state index contributed by atoms with van der Waals surface area (Å²) in [6, 6.07) is 3.49. The molecule has 1 aliphatic carbocycles. The number of hydrogen-bond donors (Lipinski definition) is 2. The summed E-state index contributed by atoms with van der Waals surface area (Å²) in [5.74, 6) is -0.518. The van der Waals surface area contributed by atoms with Crippen molar-refractivity contribution in [3.63, 3.8) is 0 Å². The van der Waals surface area contributed by atoms with Crippen LogP contribution in [0.2, 0.25) is 0 Å². The molecule has 29 heavy (non-hydrogen) atoms. The summed E-state index contributed by atoms with van der Waals surface area (Å²) in [6.45, 7) is 4.08. The third-order valence-corrected chi connectivity index (χ3v) is 7.68. The van der Waals surface area contributed by atoms with E-state index >= 15 is 0 Å². The second kappa shape index (κ2) is 7.87. The summed E-state index contributed by atoms with van der Waals surface area (Å²) >= 11 is 3.18. The largest absolute Gasteiger partial charge is 0.350 e. The Morgan fingerprint density at radius 2 is 2.21 bits per heavy atom. The van der Waals surface area contributed by atoms with Crippen LogP contribution in [-0.4, -0.2) is 39.8 Å². The number of hydrogen-bond acceptors (Lipinski definition) is 6. The van der Waals surface area contributed by atoms with E-state index in [1.165, 1.54) is 0 Å². The zero-order valence-corrected chi connectivity index (χ0v) is 18.1. The first-order valence-corrected chi connectivity index (χ1v) is 11.5. The van der Waals surface area contributed by atoms with Gasteiger partial charge in [-0.25, -0.2) is 9.78 Å². The van der Waals surface area contributed by atoms with Crippen LogP contribution in [0, 0.1) is 12.8 Å². The number of thiazole rings is 1. The Bertz CT molecular complexity index is 953. The van der Waals surface area contributed by atoms with Crippen molar-refractivity contribution in [2.45, 2.75) is 51.6 Å². The quantitative estimate of drug-likeness (QED) is 0.709. The number of carbonyl (C=O) groups is 3. The van der Waals surface area contributed by atoms with Gasteiger partial charge in [0.25, 0.3) is 5.91 Å². The lowest BCUT2D eigenvalue weighted by Gasteiger charge is -2.36. The van der Waals surface area contributed by atoms with Crippen molar-refractivity contribution in [2.24, 2.45) is 5.92 Å². The highest BCUT2D eigenvalue weighted by molar-refractivity contribution is 7.16. The maximum Gasteiger partial charge on any atom is 0.325 e. The lowest BCUT2D eigenvalue weighted by atomic mass is 9.73. The number of amides is 4. The summed E-state index contributed by atoms with van der Waals surface area (Å²) in [5.41, 5.74) is 0.116. The van der Waals surface area contributed by atoms with Crippen molar-refractivity contribution >= 4 is 40.5 Å². The molecule has 1 spiro atoms. The molecule has 154 valence electrons. The molecule has 0 aromatic carbocycles. The fraction of sp³-hybridized carbons (Fsp3) is 0.500. The average molecular weight is 433 g/mol. The van der Waals surface area contributed by atoms with Gasteiger partial charge in [0, 0.05) is 10.3 Å². The zero-order valence-electron chi connectivity index (χ0n) is 16.5. The highest BCUT2D eigenvalue weighted by Gasteiger charge is 2.55. The number of rotatable bonds is 5. The Hall–Kier alpha value is -2.26. The number of nitrogens with zero attached hydrogens (tertiary/aromatic N) is 2. The van der Waals surface area contributed by atoms with Gasteiger partial charge in [0.15, 0.2) is 0 Å². The van der Waals surface area contributed by atoms with Crippen LogP contribution in [0.4, 0.5) is 4.79 Å². The van der Waals surface area contributed by atoms with Crippen LogP contribution < -0.4 is 10.6 Å². The Morgan fingerprint density at radius 3 is 2.93 bits per heavy atom. The van der Waals surface area contributed by atoms with Gasteiger partial charge in [-0.05, 0) is 37.8 Å². The van der Waals surface area contributed by atoms with E-state index in [-0.39, 0.29) is 24.3 Å². The van der Waals surface area contributed by atoms with Gasteiger partial charge >= 0.3 is 6.03 Å². The van der Waals surface area contributed by atoms with Gasteiger partial charge in [-0.3, -0.25) is 14.5 Å². The van der Waals surface area contributed by atoms with Gasteiger partial charge in [-0.1, -0.05) is 19.8 Å². The van der Waals surface area contributed by atoms with E-state index in [9.17, 15) is 14.4 Å². The second-order valence-electron chi connectivity index (χ2n) is 7.73. The third kappa shape index (κ3) is 3.81. The molecule has 4 rings (SSSR count). The lowest BCUT2D eigenvalue weighted by molar-refractivity contribution is -0.137. The molecule has 9 heteroatoms. The first-order valence-electron chi connectivity index (χ1n) is 9.81. The molecule has 2 aromatic rings. The minimum Gasteiger partial charge on any atom is -0.350 e.